The number of piperazine rings is 1. The number of nitrogens with one attached hydrogen (secondary N) is 1. The minimum atomic E-state index is -3.90. The van der Waals surface area contributed by atoms with Crippen molar-refractivity contribution in [2.24, 2.45) is 4.99 Å². The second-order valence-electron chi connectivity index (χ2n) is 11.4. The van der Waals surface area contributed by atoms with Gasteiger partial charge < -0.3 is 14.4 Å². The van der Waals surface area contributed by atoms with Crippen LogP contribution < -0.4 is 14.2 Å². The van der Waals surface area contributed by atoms with Crippen molar-refractivity contribution in [2.75, 3.05) is 45.1 Å². The van der Waals surface area contributed by atoms with Gasteiger partial charge in [0.15, 0.2) is 11.5 Å². The standard InChI is InChI=1S/C34H42N4O5S/c1-4-35-33-29(26-9-6-5-7-10-26)11-8-12-32(33)44(40,41)36-28-16-14-27(15-17-28)34(39)38-21-19-37(20-22-38)24-25-13-18-30(42-2)31(23-25)43-3/h4,8,11-18,23,26,36H,5-7,9-10,19-22,24H2,1-3H3. The Morgan fingerprint density at radius 2 is 1.64 bits per heavy atom. The molecule has 3 aromatic carbocycles. The van der Waals surface area contributed by atoms with E-state index in [1.54, 1.807) is 57.7 Å². The molecule has 0 atom stereocenters. The molecule has 3 aromatic rings. The van der Waals surface area contributed by atoms with Crippen LogP contribution in [0.1, 0.15) is 66.4 Å². The number of aliphatic imine (C=N–C) groups is 1. The maximum Gasteiger partial charge on any atom is 0.264 e. The fourth-order valence-corrected chi connectivity index (χ4v) is 7.43. The normalized spacial score (nSPS) is 16.7. The van der Waals surface area contributed by atoms with Crippen LogP contribution in [-0.4, -0.2) is 70.7 Å². The molecule has 0 bridgehead atoms. The summed E-state index contributed by atoms with van der Waals surface area (Å²) in [5.74, 6) is 1.65. The zero-order valence-electron chi connectivity index (χ0n) is 25.8. The Bertz CT molecular complexity index is 1580. The fourth-order valence-electron chi connectivity index (χ4n) is 6.19. The van der Waals surface area contributed by atoms with Gasteiger partial charge in [0.05, 0.1) is 19.9 Å². The second kappa shape index (κ2) is 14.3. The summed E-state index contributed by atoms with van der Waals surface area (Å²) in [4.78, 5) is 22.1. The van der Waals surface area contributed by atoms with Gasteiger partial charge in [-0.1, -0.05) is 37.5 Å². The van der Waals surface area contributed by atoms with E-state index in [4.69, 9.17) is 9.47 Å². The number of benzene rings is 3. The number of nitrogens with zero attached hydrogens (tertiary/aromatic N) is 3. The summed E-state index contributed by atoms with van der Waals surface area (Å²) in [6.07, 6.45) is 7.26. The molecule has 1 aliphatic carbocycles. The number of carbonyl (C=O) groups is 1. The summed E-state index contributed by atoms with van der Waals surface area (Å²) < 4.78 is 40.6. The van der Waals surface area contributed by atoms with E-state index in [0.717, 1.165) is 56.4 Å². The van der Waals surface area contributed by atoms with Crippen LogP contribution in [0.3, 0.4) is 0 Å². The third kappa shape index (κ3) is 7.25. The molecule has 10 heteroatoms. The van der Waals surface area contributed by atoms with Gasteiger partial charge in [0, 0.05) is 50.2 Å². The molecule has 1 heterocycles. The lowest BCUT2D eigenvalue weighted by Gasteiger charge is -2.35. The van der Waals surface area contributed by atoms with Gasteiger partial charge in [-0.25, -0.2) is 8.42 Å². The maximum atomic E-state index is 13.5. The minimum absolute atomic E-state index is 0.0649. The predicted molar refractivity (Wildman–Crippen MR) is 174 cm³/mol. The van der Waals surface area contributed by atoms with Crippen LogP contribution in [0.4, 0.5) is 11.4 Å². The molecule has 1 N–H and O–H groups in total. The zero-order valence-corrected chi connectivity index (χ0v) is 26.6. The first-order valence-electron chi connectivity index (χ1n) is 15.3. The van der Waals surface area contributed by atoms with E-state index in [1.165, 1.54) is 6.42 Å². The van der Waals surface area contributed by atoms with Gasteiger partial charge in [-0.05, 0) is 79.3 Å². The molecule has 1 amide bonds. The average Bonchev–Trinajstić information content (AvgIpc) is 3.05. The van der Waals surface area contributed by atoms with Crippen molar-refractivity contribution in [3.05, 3.63) is 77.4 Å². The molecule has 5 rings (SSSR count). The summed E-state index contributed by atoms with van der Waals surface area (Å²) in [5, 5.41) is 0. The van der Waals surface area contributed by atoms with E-state index in [-0.39, 0.29) is 10.8 Å². The zero-order chi connectivity index (χ0) is 31.1. The lowest BCUT2D eigenvalue weighted by atomic mass is 9.83. The number of rotatable bonds is 10. The Labute approximate surface area is 260 Å². The van der Waals surface area contributed by atoms with Crippen molar-refractivity contribution < 1.29 is 22.7 Å². The predicted octanol–water partition coefficient (Wildman–Crippen LogP) is 6.23. The Morgan fingerprint density at radius 1 is 0.932 bits per heavy atom. The maximum absolute atomic E-state index is 13.5. The topological polar surface area (TPSA) is 101 Å². The molecule has 9 nitrogen and oxygen atoms in total. The third-order valence-corrected chi connectivity index (χ3v) is 9.93. The van der Waals surface area contributed by atoms with Crippen molar-refractivity contribution in [3.63, 3.8) is 0 Å². The number of para-hydroxylation sites is 1. The summed E-state index contributed by atoms with van der Waals surface area (Å²) >= 11 is 0. The second-order valence-corrected chi connectivity index (χ2v) is 13.0. The smallest absolute Gasteiger partial charge is 0.264 e. The highest BCUT2D eigenvalue weighted by atomic mass is 32.2. The number of ether oxygens (including phenoxy) is 2. The Kier molecular flexibility index (Phi) is 10.2. The fraction of sp³-hybridized carbons (Fsp3) is 0.412. The highest BCUT2D eigenvalue weighted by Gasteiger charge is 2.26. The molecule has 2 aliphatic rings. The molecule has 234 valence electrons. The van der Waals surface area contributed by atoms with E-state index in [9.17, 15) is 13.2 Å². The quantitative estimate of drug-likeness (QED) is 0.270. The highest BCUT2D eigenvalue weighted by molar-refractivity contribution is 7.92. The van der Waals surface area contributed by atoms with Crippen LogP contribution in [0.25, 0.3) is 0 Å². The molecular formula is C34H42N4O5S. The van der Waals surface area contributed by atoms with Gasteiger partial charge in [0.1, 0.15) is 4.90 Å². The SMILES string of the molecule is CC=Nc1c(C2CCCCC2)cccc1S(=O)(=O)Nc1ccc(C(=O)N2CCN(Cc3ccc(OC)c(OC)c3)CC2)cc1. The molecule has 2 fully saturated rings. The average molecular weight is 619 g/mol. The molecule has 1 aliphatic heterocycles. The van der Waals surface area contributed by atoms with Crippen molar-refractivity contribution >= 4 is 33.5 Å². The van der Waals surface area contributed by atoms with Crippen LogP contribution >= 0.6 is 0 Å². The van der Waals surface area contributed by atoms with Gasteiger partial charge >= 0.3 is 0 Å². The number of amides is 1. The Hall–Kier alpha value is -3.89. The van der Waals surface area contributed by atoms with E-state index in [0.29, 0.717) is 47.4 Å². The lowest BCUT2D eigenvalue weighted by molar-refractivity contribution is 0.0628. The summed E-state index contributed by atoms with van der Waals surface area (Å²) in [5.41, 5.74) is 3.56. The van der Waals surface area contributed by atoms with Gasteiger partial charge in [-0.3, -0.25) is 19.4 Å². The lowest BCUT2D eigenvalue weighted by Crippen LogP contribution is -2.48. The number of hydrogen-bond acceptors (Lipinski definition) is 7. The number of hydrogen-bond donors (Lipinski definition) is 1. The number of sulfonamides is 1. The largest absolute Gasteiger partial charge is 0.493 e. The van der Waals surface area contributed by atoms with Crippen LogP contribution in [0.5, 0.6) is 11.5 Å². The first-order valence-corrected chi connectivity index (χ1v) is 16.8. The molecule has 1 saturated heterocycles. The van der Waals surface area contributed by atoms with Gasteiger partial charge in [-0.2, -0.15) is 0 Å². The first-order chi connectivity index (χ1) is 21.3. The number of anilines is 1. The van der Waals surface area contributed by atoms with E-state index >= 15 is 0 Å². The summed E-state index contributed by atoms with van der Waals surface area (Å²) in [7, 11) is -0.653. The molecule has 0 unspecified atom stereocenters. The summed E-state index contributed by atoms with van der Waals surface area (Å²) in [6, 6.07) is 18.0. The Balaban J connectivity index is 1.21. The van der Waals surface area contributed by atoms with Gasteiger partial charge in [-0.15, -0.1) is 0 Å². The molecule has 0 radical (unpaired) electrons. The van der Waals surface area contributed by atoms with Gasteiger partial charge in [0.2, 0.25) is 0 Å². The van der Waals surface area contributed by atoms with Crippen molar-refractivity contribution in [3.8, 4) is 11.5 Å². The Morgan fingerprint density at radius 3 is 2.30 bits per heavy atom. The summed E-state index contributed by atoms with van der Waals surface area (Å²) in [6.45, 7) is 5.28. The molecule has 0 spiro atoms. The number of methoxy groups -OCH3 is 2. The van der Waals surface area contributed by atoms with E-state index in [2.05, 4.69) is 14.6 Å². The molecular weight excluding hydrogens is 576 g/mol. The van der Waals surface area contributed by atoms with Crippen LogP contribution in [-0.2, 0) is 16.6 Å². The number of carbonyl (C=O) groups excluding carboxylic acids is 1. The molecule has 44 heavy (non-hydrogen) atoms. The minimum Gasteiger partial charge on any atom is -0.493 e. The van der Waals surface area contributed by atoms with E-state index < -0.39 is 10.0 Å². The van der Waals surface area contributed by atoms with Crippen molar-refractivity contribution in [1.82, 2.24) is 9.80 Å². The van der Waals surface area contributed by atoms with Crippen molar-refractivity contribution in [1.29, 1.82) is 0 Å². The van der Waals surface area contributed by atoms with Crippen LogP contribution in [0.2, 0.25) is 0 Å². The highest BCUT2D eigenvalue weighted by Crippen LogP contribution is 2.40. The first kappa shape index (κ1) is 31.5. The van der Waals surface area contributed by atoms with Crippen LogP contribution in [0, 0.1) is 0 Å². The molecule has 1 saturated carbocycles. The van der Waals surface area contributed by atoms with Crippen LogP contribution in [0.15, 0.2) is 70.6 Å². The third-order valence-electron chi connectivity index (χ3n) is 8.52. The van der Waals surface area contributed by atoms with E-state index in [1.807, 2.05) is 35.2 Å². The monoisotopic (exact) mass is 618 g/mol. The van der Waals surface area contributed by atoms with Gasteiger partial charge in [0.25, 0.3) is 15.9 Å². The van der Waals surface area contributed by atoms with Crippen molar-refractivity contribution in [2.45, 2.75) is 56.4 Å². The molecule has 0 aromatic heterocycles.